The molecule has 4 heterocycles. The summed E-state index contributed by atoms with van der Waals surface area (Å²) in [6.45, 7) is 1.94. The fourth-order valence-electron chi connectivity index (χ4n) is 3.67. The van der Waals surface area contributed by atoms with Gasteiger partial charge in [0.2, 0.25) is 0 Å². The van der Waals surface area contributed by atoms with E-state index in [0.29, 0.717) is 6.04 Å². The van der Waals surface area contributed by atoms with Crippen LogP contribution in [-0.4, -0.2) is 38.7 Å². The average Bonchev–Trinajstić information content (AvgIpc) is 3.12. The van der Waals surface area contributed by atoms with Gasteiger partial charge in [0.15, 0.2) is 11.5 Å². The zero-order valence-electron chi connectivity index (χ0n) is 14.4. The molecule has 0 atom stereocenters. The van der Waals surface area contributed by atoms with E-state index in [-0.39, 0.29) is 0 Å². The molecule has 1 aliphatic rings. The Morgan fingerprint density at radius 3 is 2.69 bits per heavy atom. The molecule has 0 radical (unpaired) electrons. The monoisotopic (exact) mass is 344 g/mol. The van der Waals surface area contributed by atoms with Gasteiger partial charge in [-0.1, -0.05) is 24.3 Å². The van der Waals surface area contributed by atoms with Gasteiger partial charge in [-0.3, -0.25) is 4.40 Å². The Morgan fingerprint density at radius 1 is 0.923 bits per heavy atom. The second kappa shape index (κ2) is 6.07. The van der Waals surface area contributed by atoms with Crippen LogP contribution in [-0.2, 0) is 0 Å². The first-order chi connectivity index (χ1) is 12.8. The summed E-state index contributed by atoms with van der Waals surface area (Å²) in [6.07, 6.45) is 4.00. The van der Waals surface area contributed by atoms with Crippen molar-refractivity contribution in [3.63, 3.8) is 0 Å². The van der Waals surface area contributed by atoms with E-state index in [1.807, 2.05) is 34.9 Å². The van der Waals surface area contributed by atoms with E-state index in [4.69, 9.17) is 10.7 Å². The lowest BCUT2D eigenvalue weighted by atomic mass is 10.0. The third kappa shape index (κ3) is 2.50. The van der Waals surface area contributed by atoms with Gasteiger partial charge in [-0.25, -0.2) is 4.98 Å². The number of fused-ring (bicyclic) bond motifs is 2. The van der Waals surface area contributed by atoms with Crippen molar-refractivity contribution in [3.05, 3.63) is 54.7 Å². The van der Waals surface area contributed by atoms with Crippen molar-refractivity contribution in [1.29, 1.82) is 0 Å². The highest BCUT2D eigenvalue weighted by molar-refractivity contribution is 5.92. The molecular weight excluding hydrogens is 324 g/mol. The molecule has 0 unspecified atom stereocenters. The number of piperidine rings is 1. The minimum absolute atomic E-state index is 0.312. The van der Waals surface area contributed by atoms with Crippen molar-refractivity contribution in [3.8, 4) is 11.5 Å². The number of hydrogen-bond acceptors (Lipinski definition) is 5. The lowest BCUT2D eigenvalue weighted by Crippen LogP contribution is -2.39. The summed E-state index contributed by atoms with van der Waals surface area (Å²) < 4.78 is 1.97. The molecule has 5 rings (SSSR count). The van der Waals surface area contributed by atoms with Crippen molar-refractivity contribution in [2.75, 3.05) is 18.0 Å². The van der Waals surface area contributed by atoms with Crippen LogP contribution in [0.5, 0.6) is 0 Å². The molecule has 6 nitrogen and oxygen atoms in total. The van der Waals surface area contributed by atoms with Crippen LogP contribution in [0.15, 0.2) is 54.7 Å². The van der Waals surface area contributed by atoms with Crippen LogP contribution in [0, 0.1) is 0 Å². The quantitative estimate of drug-likeness (QED) is 0.605. The normalized spacial score (nSPS) is 15.8. The lowest BCUT2D eigenvalue weighted by Gasteiger charge is -2.32. The van der Waals surface area contributed by atoms with Gasteiger partial charge in [-0.05, 0) is 37.1 Å². The van der Waals surface area contributed by atoms with E-state index in [2.05, 4.69) is 39.4 Å². The second-order valence-electron chi connectivity index (χ2n) is 6.82. The Kier molecular flexibility index (Phi) is 3.57. The molecule has 1 fully saturated rings. The van der Waals surface area contributed by atoms with Crippen molar-refractivity contribution in [1.82, 2.24) is 19.6 Å². The van der Waals surface area contributed by atoms with Gasteiger partial charge in [0, 0.05) is 30.7 Å². The zero-order valence-corrected chi connectivity index (χ0v) is 14.4. The number of para-hydroxylation sites is 1. The Balaban J connectivity index is 1.64. The first-order valence-corrected chi connectivity index (χ1v) is 9.00. The van der Waals surface area contributed by atoms with Crippen molar-refractivity contribution in [2.45, 2.75) is 18.9 Å². The number of anilines is 1. The Hall–Kier alpha value is -2.99. The smallest absolute Gasteiger partial charge is 0.187 e. The predicted octanol–water partition coefficient (Wildman–Crippen LogP) is 2.87. The maximum absolute atomic E-state index is 6.07. The van der Waals surface area contributed by atoms with Crippen LogP contribution < -0.4 is 10.6 Å². The maximum Gasteiger partial charge on any atom is 0.187 e. The Morgan fingerprint density at radius 2 is 1.81 bits per heavy atom. The third-order valence-corrected chi connectivity index (χ3v) is 5.12. The minimum Gasteiger partial charge on any atom is -0.370 e. The number of nitrogens with two attached hydrogens (primary N) is 1. The summed E-state index contributed by atoms with van der Waals surface area (Å²) >= 11 is 0. The summed E-state index contributed by atoms with van der Waals surface area (Å²) in [5, 5.41) is 9.72. The van der Waals surface area contributed by atoms with Crippen LogP contribution in [0.4, 0.5) is 5.69 Å². The molecule has 1 aromatic carbocycles. The molecule has 0 saturated carbocycles. The summed E-state index contributed by atoms with van der Waals surface area (Å²) in [4.78, 5) is 7.36. The number of benzene rings is 1. The SMILES string of the molecule is NC1CCN(c2cccc3ccc(-c4nnc5ccccn45)nc23)CC1. The molecule has 4 aromatic rings. The summed E-state index contributed by atoms with van der Waals surface area (Å²) in [5.74, 6) is 0.762. The van der Waals surface area contributed by atoms with E-state index in [0.717, 1.165) is 54.0 Å². The van der Waals surface area contributed by atoms with Gasteiger partial charge < -0.3 is 10.6 Å². The molecule has 0 bridgehead atoms. The molecule has 0 spiro atoms. The fraction of sp³-hybridized carbons (Fsp3) is 0.250. The van der Waals surface area contributed by atoms with E-state index in [1.165, 1.54) is 5.69 Å². The number of hydrogen-bond donors (Lipinski definition) is 1. The van der Waals surface area contributed by atoms with E-state index in [1.54, 1.807) is 0 Å². The second-order valence-corrected chi connectivity index (χ2v) is 6.82. The summed E-state index contributed by atoms with van der Waals surface area (Å²) in [5.41, 5.74) is 9.90. The van der Waals surface area contributed by atoms with Crippen molar-refractivity contribution >= 4 is 22.2 Å². The number of aromatic nitrogens is 4. The van der Waals surface area contributed by atoms with Gasteiger partial charge in [0.05, 0.1) is 11.2 Å². The minimum atomic E-state index is 0.312. The Bertz CT molecular complexity index is 1080. The van der Waals surface area contributed by atoms with Gasteiger partial charge in [0.1, 0.15) is 5.69 Å². The topological polar surface area (TPSA) is 72.3 Å². The van der Waals surface area contributed by atoms with Crippen LogP contribution in [0.2, 0.25) is 0 Å². The molecule has 0 amide bonds. The van der Waals surface area contributed by atoms with Gasteiger partial charge in [-0.15, -0.1) is 10.2 Å². The van der Waals surface area contributed by atoms with Gasteiger partial charge in [0.25, 0.3) is 0 Å². The summed E-state index contributed by atoms with van der Waals surface area (Å²) in [6, 6.07) is 16.7. The highest BCUT2D eigenvalue weighted by Gasteiger charge is 2.19. The van der Waals surface area contributed by atoms with Gasteiger partial charge >= 0.3 is 0 Å². The number of rotatable bonds is 2. The molecule has 130 valence electrons. The molecular formula is C20H20N6. The zero-order chi connectivity index (χ0) is 17.5. The molecule has 3 aromatic heterocycles. The molecule has 26 heavy (non-hydrogen) atoms. The predicted molar refractivity (Wildman–Crippen MR) is 103 cm³/mol. The molecule has 2 N–H and O–H groups in total. The fourth-order valence-corrected chi connectivity index (χ4v) is 3.67. The first-order valence-electron chi connectivity index (χ1n) is 9.00. The summed E-state index contributed by atoms with van der Waals surface area (Å²) in [7, 11) is 0. The highest BCUT2D eigenvalue weighted by atomic mass is 15.3. The van der Waals surface area contributed by atoms with Crippen molar-refractivity contribution < 1.29 is 0 Å². The average molecular weight is 344 g/mol. The van der Waals surface area contributed by atoms with E-state index < -0.39 is 0 Å². The van der Waals surface area contributed by atoms with E-state index >= 15 is 0 Å². The number of pyridine rings is 2. The molecule has 1 saturated heterocycles. The highest BCUT2D eigenvalue weighted by Crippen LogP contribution is 2.29. The molecule has 6 heteroatoms. The Labute approximate surface area is 151 Å². The van der Waals surface area contributed by atoms with Gasteiger partial charge in [-0.2, -0.15) is 0 Å². The molecule has 1 aliphatic heterocycles. The van der Waals surface area contributed by atoms with Crippen LogP contribution >= 0.6 is 0 Å². The van der Waals surface area contributed by atoms with Crippen LogP contribution in [0.25, 0.3) is 28.1 Å². The van der Waals surface area contributed by atoms with Crippen molar-refractivity contribution in [2.24, 2.45) is 5.73 Å². The third-order valence-electron chi connectivity index (χ3n) is 5.12. The van der Waals surface area contributed by atoms with Crippen LogP contribution in [0.3, 0.4) is 0 Å². The lowest BCUT2D eigenvalue weighted by molar-refractivity contribution is 0.502. The number of nitrogens with zero attached hydrogens (tertiary/aromatic N) is 5. The maximum atomic E-state index is 6.07. The standard InChI is InChI=1S/C20H20N6/c21-15-9-12-25(13-10-15)17-5-3-4-14-7-8-16(22-19(14)17)20-24-23-18-6-1-2-11-26(18)20/h1-8,11,15H,9-10,12-13,21H2. The largest absolute Gasteiger partial charge is 0.370 e. The van der Waals surface area contributed by atoms with Crippen LogP contribution in [0.1, 0.15) is 12.8 Å². The first kappa shape index (κ1) is 15.3. The van der Waals surface area contributed by atoms with E-state index in [9.17, 15) is 0 Å². The molecule has 0 aliphatic carbocycles.